The van der Waals surface area contributed by atoms with Gasteiger partial charge in [-0.1, -0.05) is 13.8 Å². The zero-order valence-electron chi connectivity index (χ0n) is 18.1. The van der Waals surface area contributed by atoms with Crippen LogP contribution in [-0.4, -0.2) is 43.5 Å². The van der Waals surface area contributed by atoms with Gasteiger partial charge in [0, 0.05) is 39.5 Å². The summed E-state index contributed by atoms with van der Waals surface area (Å²) in [5.74, 6) is 1.99. The van der Waals surface area contributed by atoms with E-state index in [-0.39, 0.29) is 0 Å². The summed E-state index contributed by atoms with van der Waals surface area (Å²) in [7, 11) is 0. The topological polar surface area (TPSA) is 108 Å². The molecule has 0 spiro atoms. The number of hydrogen-bond acceptors (Lipinski definition) is 6. The van der Waals surface area contributed by atoms with Crippen LogP contribution in [0.25, 0.3) is 44.6 Å². The molecular weight excluding hydrogens is 402 g/mol. The third kappa shape index (κ3) is 3.10. The summed E-state index contributed by atoms with van der Waals surface area (Å²) in [5, 5.41) is 21.4. The van der Waals surface area contributed by atoms with Gasteiger partial charge in [-0.05, 0) is 61.7 Å². The van der Waals surface area contributed by atoms with Crippen LogP contribution in [0.4, 0.5) is 0 Å². The highest BCUT2D eigenvalue weighted by Crippen LogP contribution is 2.39. The van der Waals surface area contributed by atoms with E-state index >= 15 is 0 Å². The fourth-order valence-corrected chi connectivity index (χ4v) is 4.81. The van der Waals surface area contributed by atoms with Crippen molar-refractivity contribution in [2.45, 2.75) is 38.5 Å². The maximum absolute atomic E-state index is 6.12. The van der Waals surface area contributed by atoms with E-state index in [0.29, 0.717) is 17.7 Å². The molecule has 3 N–H and O–H groups in total. The molecule has 4 aromatic heterocycles. The lowest BCUT2D eigenvalue weighted by atomic mass is 9.95. The molecule has 0 bridgehead atoms. The summed E-state index contributed by atoms with van der Waals surface area (Å²) in [5.41, 5.74) is 6.26. The maximum atomic E-state index is 6.12. The van der Waals surface area contributed by atoms with Crippen LogP contribution in [0.5, 0.6) is 0 Å². The Labute approximate surface area is 184 Å². The molecule has 0 radical (unpaired) electrons. The molecule has 1 aliphatic rings. The predicted octanol–water partition coefficient (Wildman–Crippen LogP) is 4.75. The molecule has 8 nitrogen and oxygen atoms in total. The number of rotatable bonds is 4. The van der Waals surface area contributed by atoms with Gasteiger partial charge in [-0.25, -0.2) is 4.98 Å². The number of aromatic nitrogens is 6. The van der Waals surface area contributed by atoms with Gasteiger partial charge in [0.05, 0.1) is 11.9 Å². The van der Waals surface area contributed by atoms with Gasteiger partial charge in [0.1, 0.15) is 0 Å². The van der Waals surface area contributed by atoms with Crippen molar-refractivity contribution >= 4 is 21.9 Å². The second-order valence-corrected chi connectivity index (χ2v) is 8.79. The van der Waals surface area contributed by atoms with E-state index in [2.05, 4.69) is 61.7 Å². The average molecular weight is 428 g/mol. The minimum atomic E-state index is 0.317. The summed E-state index contributed by atoms with van der Waals surface area (Å²) in [6, 6.07) is 8.35. The second-order valence-electron chi connectivity index (χ2n) is 8.79. The number of pyridine rings is 1. The lowest BCUT2D eigenvalue weighted by Gasteiger charge is -2.18. The Hall–Kier alpha value is -3.52. The Morgan fingerprint density at radius 1 is 1.06 bits per heavy atom. The van der Waals surface area contributed by atoms with Crippen LogP contribution in [0.2, 0.25) is 0 Å². The third-order valence-electron chi connectivity index (χ3n) is 6.42. The summed E-state index contributed by atoms with van der Waals surface area (Å²) in [6.45, 7) is 6.43. The molecule has 1 aromatic carbocycles. The van der Waals surface area contributed by atoms with Gasteiger partial charge < -0.3 is 14.7 Å². The smallest absolute Gasteiger partial charge is 0.247 e. The summed E-state index contributed by atoms with van der Waals surface area (Å²) < 4.78 is 6.12. The standard InChI is InChI=1S/C24H25N7O/c1-13(2)20-17-11-15(24-31-30-23(32-24)14-5-8-25-9-6-14)3-4-19(17)28-21(20)16-7-10-26-22-18(16)12-27-29-22/h3-4,7,10-14,25,28H,5-6,8-9H2,1-2H3,(H,26,27,29). The number of benzene rings is 1. The Morgan fingerprint density at radius 2 is 1.94 bits per heavy atom. The molecule has 0 atom stereocenters. The highest BCUT2D eigenvalue weighted by Gasteiger charge is 2.23. The van der Waals surface area contributed by atoms with Crippen molar-refractivity contribution in [3.05, 3.63) is 48.1 Å². The summed E-state index contributed by atoms with van der Waals surface area (Å²) in [6.07, 6.45) is 5.72. The Morgan fingerprint density at radius 3 is 2.78 bits per heavy atom. The highest BCUT2D eigenvalue weighted by molar-refractivity contribution is 5.99. The number of aromatic amines is 2. The van der Waals surface area contributed by atoms with E-state index in [1.54, 1.807) is 0 Å². The summed E-state index contributed by atoms with van der Waals surface area (Å²) in [4.78, 5) is 8.02. The third-order valence-corrected chi connectivity index (χ3v) is 6.42. The van der Waals surface area contributed by atoms with Crippen molar-refractivity contribution < 1.29 is 4.42 Å². The second kappa shape index (κ2) is 7.56. The molecule has 0 aliphatic carbocycles. The lowest BCUT2D eigenvalue weighted by Crippen LogP contribution is -2.26. The Kier molecular flexibility index (Phi) is 4.53. The van der Waals surface area contributed by atoms with Crippen molar-refractivity contribution in [3.63, 3.8) is 0 Å². The SMILES string of the molecule is CC(C)c1c(-c2ccnc3[nH]ncc23)[nH]c2ccc(-c3nnc(C4CCNCC4)o3)cc12. The quantitative estimate of drug-likeness (QED) is 0.382. The molecular formula is C24H25N7O. The normalized spacial score (nSPS) is 15.3. The van der Waals surface area contributed by atoms with Gasteiger partial charge in [0.25, 0.3) is 0 Å². The molecule has 5 heterocycles. The zero-order valence-corrected chi connectivity index (χ0v) is 18.1. The fourth-order valence-electron chi connectivity index (χ4n) is 4.81. The van der Waals surface area contributed by atoms with Gasteiger partial charge in [-0.2, -0.15) is 5.10 Å². The van der Waals surface area contributed by atoms with Crippen LogP contribution in [0.3, 0.4) is 0 Å². The molecule has 6 rings (SSSR count). The average Bonchev–Trinajstić information content (AvgIpc) is 3.56. The van der Waals surface area contributed by atoms with E-state index in [4.69, 9.17) is 4.42 Å². The van der Waals surface area contributed by atoms with Crippen LogP contribution in [0.15, 0.2) is 41.1 Å². The molecule has 1 fully saturated rings. The van der Waals surface area contributed by atoms with Crippen molar-refractivity contribution in [3.8, 4) is 22.7 Å². The largest absolute Gasteiger partial charge is 0.420 e. The van der Waals surface area contributed by atoms with E-state index in [9.17, 15) is 0 Å². The fraction of sp³-hybridized carbons (Fsp3) is 0.333. The maximum Gasteiger partial charge on any atom is 0.247 e. The Balaban J connectivity index is 1.46. The van der Waals surface area contributed by atoms with Crippen molar-refractivity contribution in [1.82, 2.24) is 35.7 Å². The number of nitrogens with one attached hydrogen (secondary N) is 3. The summed E-state index contributed by atoms with van der Waals surface area (Å²) >= 11 is 0. The molecule has 1 aliphatic heterocycles. The predicted molar refractivity (Wildman–Crippen MR) is 123 cm³/mol. The van der Waals surface area contributed by atoms with Crippen LogP contribution in [-0.2, 0) is 0 Å². The van der Waals surface area contributed by atoms with Gasteiger partial charge in [-0.3, -0.25) is 5.10 Å². The van der Waals surface area contributed by atoms with Crippen molar-refractivity contribution in [2.24, 2.45) is 0 Å². The zero-order chi connectivity index (χ0) is 21.7. The molecule has 0 saturated carbocycles. The first-order chi connectivity index (χ1) is 15.7. The van der Waals surface area contributed by atoms with Gasteiger partial charge in [0.2, 0.25) is 11.8 Å². The first-order valence-corrected chi connectivity index (χ1v) is 11.2. The molecule has 0 amide bonds. The van der Waals surface area contributed by atoms with Crippen molar-refractivity contribution in [1.29, 1.82) is 0 Å². The van der Waals surface area contributed by atoms with E-state index in [1.165, 1.54) is 10.9 Å². The number of piperidine rings is 1. The van der Waals surface area contributed by atoms with E-state index in [1.807, 2.05) is 24.5 Å². The number of hydrogen-bond donors (Lipinski definition) is 3. The minimum absolute atomic E-state index is 0.317. The van der Waals surface area contributed by atoms with Gasteiger partial charge in [-0.15, -0.1) is 10.2 Å². The van der Waals surface area contributed by atoms with Crippen LogP contribution < -0.4 is 5.32 Å². The number of H-pyrrole nitrogens is 2. The monoisotopic (exact) mass is 427 g/mol. The lowest BCUT2D eigenvalue weighted by molar-refractivity contribution is 0.378. The minimum Gasteiger partial charge on any atom is -0.420 e. The van der Waals surface area contributed by atoms with Gasteiger partial charge in [0.15, 0.2) is 5.65 Å². The molecule has 5 aromatic rings. The first-order valence-electron chi connectivity index (χ1n) is 11.2. The molecule has 32 heavy (non-hydrogen) atoms. The molecule has 8 heteroatoms. The number of fused-ring (bicyclic) bond motifs is 2. The molecule has 162 valence electrons. The molecule has 0 unspecified atom stereocenters. The highest BCUT2D eigenvalue weighted by atomic mass is 16.4. The van der Waals surface area contributed by atoms with Gasteiger partial charge >= 0.3 is 0 Å². The van der Waals surface area contributed by atoms with Crippen molar-refractivity contribution in [2.75, 3.05) is 13.1 Å². The number of nitrogens with zero attached hydrogens (tertiary/aromatic N) is 4. The van der Waals surface area contributed by atoms with Crippen LogP contribution >= 0.6 is 0 Å². The van der Waals surface area contributed by atoms with Crippen LogP contribution in [0.1, 0.15) is 50.0 Å². The molecule has 1 saturated heterocycles. The first kappa shape index (κ1) is 19.2. The van der Waals surface area contributed by atoms with Crippen LogP contribution in [0, 0.1) is 0 Å². The Bertz CT molecular complexity index is 1400. The van der Waals surface area contributed by atoms with E-state index < -0.39 is 0 Å². The van der Waals surface area contributed by atoms with E-state index in [0.717, 1.165) is 65.2 Å².